The van der Waals surface area contributed by atoms with Gasteiger partial charge in [-0.05, 0) is 68.3 Å². The Morgan fingerprint density at radius 2 is 1.90 bits per heavy atom. The summed E-state index contributed by atoms with van der Waals surface area (Å²) < 4.78 is 52.8. The maximum absolute atomic E-state index is 13.6. The van der Waals surface area contributed by atoms with Crippen molar-refractivity contribution in [1.82, 2.24) is 9.97 Å². The van der Waals surface area contributed by atoms with Crippen molar-refractivity contribution < 1.29 is 22.4 Å². The molecule has 1 amide bonds. The van der Waals surface area contributed by atoms with Gasteiger partial charge in [0.25, 0.3) is 5.91 Å². The van der Waals surface area contributed by atoms with Gasteiger partial charge in [0.2, 0.25) is 5.95 Å². The number of piperidine rings is 1. The average Bonchev–Trinajstić information content (AvgIpc) is 2.91. The van der Waals surface area contributed by atoms with Gasteiger partial charge in [-0.2, -0.15) is 13.2 Å². The summed E-state index contributed by atoms with van der Waals surface area (Å²) in [5.74, 6) is -1.54. The van der Waals surface area contributed by atoms with Crippen LogP contribution in [0.2, 0.25) is 0 Å². The van der Waals surface area contributed by atoms with E-state index >= 15 is 0 Å². The lowest BCUT2D eigenvalue weighted by Gasteiger charge is -2.27. The molecule has 1 aliphatic rings. The minimum absolute atomic E-state index is 0.0639. The highest BCUT2D eigenvalue weighted by molar-refractivity contribution is 6.06. The van der Waals surface area contributed by atoms with Gasteiger partial charge in [-0.25, -0.2) is 19.4 Å². The number of halogens is 4. The molecule has 4 rings (SSSR count). The molecule has 8 nitrogen and oxygen atoms in total. The summed E-state index contributed by atoms with van der Waals surface area (Å²) in [6, 6.07) is 6.84. The second kappa shape index (κ2) is 11.5. The Morgan fingerprint density at radius 1 is 1.15 bits per heavy atom. The molecule has 0 unspecified atom stereocenters. The van der Waals surface area contributed by atoms with E-state index in [1.807, 2.05) is 0 Å². The molecule has 0 spiro atoms. The van der Waals surface area contributed by atoms with Crippen LogP contribution in [0, 0.1) is 12.7 Å². The fraction of sp³-hybridized carbons (Fsp3) is 0.259. The minimum Gasteiger partial charge on any atom is -0.382 e. The largest absolute Gasteiger partial charge is 0.419 e. The zero-order valence-electron chi connectivity index (χ0n) is 21.1. The molecule has 0 atom stereocenters. The molecule has 0 saturated carbocycles. The number of aromatic nitrogens is 2. The number of benzene rings is 2. The molecule has 1 aromatic heterocycles. The van der Waals surface area contributed by atoms with Gasteiger partial charge in [0.1, 0.15) is 11.5 Å². The van der Waals surface area contributed by atoms with E-state index in [-0.39, 0.29) is 17.1 Å². The first kappa shape index (κ1) is 27.6. The molecule has 0 bridgehead atoms. The minimum atomic E-state index is -4.90. The van der Waals surface area contributed by atoms with Gasteiger partial charge in [0, 0.05) is 24.3 Å². The molecule has 1 aliphatic heterocycles. The van der Waals surface area contributed by atoms with Crippen molar-refractivity contribution in [2.24, 2.45) is 10.7 Å². The Bertz CT molecular complexity index is 1420. The van der Waals surface area contributed by atoms with E-state index in [9.17, 15) is 22.4 Å². The van der Waals surface area contributed by atoms with E-state index in [4.69, 9.17) is 5.73 Å². The third-order valence-electron chi connectivity index (χ3n) is 6.16. The lowest BCUT2D eigenvalue weighted by atomic mass is 10.1. The Morgan fingerprint density at radius 3 is 2.59 bits per heavy atom. The number of aliphatic imine (C=N–C) groups is 1. The van der Waals surface area contributed by atoms with Crippen molar-refractivity contribution >= 4 is 34.8 Å². The molecule has 2 heterocycles. The maximum Gasteiger partial charge on any atom is 0.419 e. The van der Waals surface area contributed by atoms with Crippen LogP contribution in [0.3, 0.4) is 0 Å². The van der Waals surface area contributed by atoms with Gasteiger partial charge < -0.3 is 21.3 Å². The van der Waals surface area contributed by atoms with Crippen molar-refractivity contribution in [3.8, 4) is 0 Å². The van der Waals surface area contributed by atoms with Crippen LogP contribution >= 0.6 is 0 Å². The molecule has 12 heteroatoms. The number of anilines is 3. The average molecular weight is 542 g/mol. The molecule has 1 fully saturated rings. The van der Waals surface area contributed by atoms with Crippen LogP contribution in [0.1, 0.15) is 46.4 Å². The number of nitrogens with zero attached hydrogens (tertiary/aromatic N) is 4. The summed E-state index contributed by atoms with van der Waals surface area (Å²) in [4.78, 5) is 28.5. The number of amides is 1. The molecule has 2 aromatic carbocycles. The molecule has 4 N–H and O–H groups in total. The van der Waals surface area contributed by atoms with Gasteiger partial charge in [-0.15, -0.1) is 0 Å². The number of nitrogens with two attached hydrogens (primary N) is 1. The van der Waals surface area contributed by atoms with Crippen LogP contribution in [0.4, 0.5) is 40.6 Å². The summed E-state index contributed by atoms with van der Waals surface area (Å²) in [6.07, 6.45) is 1.40. The Balaban J connectivity index is 1.63. The Kier molecular flexibility index (Phi) is 8.12. The fourth-order valence-electron chi connectivity index (χ4n) is 4.11. The number of hydrogen-bond acceptors (Lipinski definition) is 6. The van der Waals surface area contributed by atoms with Crippen LogP contribution in [-0.2, 0) is 6.18 Å². The fourth-order valence-corrected chi connectivity index (χ4v) is 4.11. The molecule has 1 saturated heterocycles. The topological polar surface area (TPSA) is 109 Å². The first-order valence-electron chi connectivity index (χ1n) is 12.2. The van der Waals surface area contributed by atoms with Crippen molar-refractivity contribution in [3.63, 3.8) is 0 Å². The van der Waals surface area contributed by atoms with Crippen LogP contribution < -0.4 is 21.3 Å². The number of carbonyl (C=O) groups excluding carboxylic acids is 1. The Labute approximate surface area is 222 Å². The first-order chi connectivity index (χ1) is 18.6. The zero-order chi connectivity index (χ0) is 28.2. The lowest BCUT2D eigenvalue weighted by Crippen LogP contribution is -2.32. The van der Waals surface area contributed by atoms with Crippen molar-refractivity contribution in [2.75, 3.05) is 28.6 Å². The van der Waals surface area contributed by atoms with Crippen molar-refractivity contribution in [1.29, 1.82) is 0 Å². The van der Waals surface area contributed by atoms with E-state index in [1.54, 1.807) is 19.2 Å². The van der Waals surface area contributed by atoms with Crippen molar-refractivity contribution in [3.05, 3.63) is 83.6 Å². The maximum atomic E-state index is 13.6. The van der Waals surface area contributed by atoms with E-state index in [0.717, 1.165) is 38.4 Å². The van der Waals surface area contributed by atoms with E-state index in [2.05, 4.69) is 37.1 Å². The quantitative estimate of drug-likeness (QED) is 0.199. The third-order valence-corrected chi connectivity index (χ3v) is 6.16. The van der Waals surface area contributed by atoms with Gasteiger partial charge >= 0.3 is 6.18 Å². The predicted molar refractivity (Wildman–Crippen MR) is 143 cm³/mol. The molecule has 204 valence electrons. The van der Waals surface area contributed by atoms with Gasteiger partial charge in [0.05, 0.1) is 23.1 Å². The predicted octanol–water partition coefficient (Wildman–Crippen LogP) is 5.78. The number of alkyl halides is 3. The van der Waals surface area contributed by atoms with Crippen LogP contribution in [0.25, 0.3) is 0 Å². The summed E-state index contributed by atoms with van der Waals surface area (Å²) >= 11 is 0. The first-order valence-corrected chi connectivity index (χ1v) is 12.2. The highest BCUT2D eigenvalue weighted by atomic mass is 19.4. The van der Waals surface area contributed by atoms with Gasteiger partial charge in [-0.3, -0.25) is 4.79 Å². The van der Waals surface area contributed by atoms with E-state index < -0.39 is 23.5 Å². The zero-order valence-corrected chi connectivity index (χ0v) is 21.1. The van der Waals surface area contributed by atoms with Gasteiger partial charge in [0.15, 0.2) is 5.84 Å². The number of rotatable bonds is 7. The molecule has 0 radical (unpaired) electrons. The Hall–Kier alpha value is -4.48. The van der Waals surface area contributed by atoms with E-state index in [1.165, 1.54) is 18.3 Å². The number of amidine groups is 1. The standard InChI is InChI=1S/C27H27F4N7O/c1-3-33-22-15-34-26(38-11-5-4-6-12-38)37-23(22)24(32)36-21-13-17(8-7-16(21)2)25(39)35-18-9-10-20(28)19(14-18)27(29,30)31/h3,7-10,13-15,33H,1,4-6,11-12H2,2H3,(H2,32,36)(H,35,39). The second-order valence-corrected chi connectivity index (χ2v) is 8.97. The number of nitrogens with one attached hydrogen (secondary N) is 2. The third kappa shape index (κ3) is 6.51. The SMILES string of the molecule is C=CNc1cnc(N2CCCCC2)nc1C(N)=Nc1cc(C(=O)Nc2ccc(F)c(C(F)(F)F)c2)ccc1C. The number of carbonyl (C=O) groups is 1. The smallest absolute Gasteiger partial charge is 0.382 e. The van der Waals surface area contributed by atoms with Crippen LogP contribution in [0.15, 0.2) is 60.4 Å². The summed E-state index contributed by atoms with van der Waals surface area (Å²) in [5, 5.41) is 5.32. The van der Waals surface area contributed by atoms with E-state index in [0.29, 0.717) is 40.7 Å². The monoisotopic (exact) mass is 541 g/mol. The number of hydrogen-bond donors (Lipinski definition) is 3. The molecule has 0 aliphatic carbocycles. The van der Waals surface area contributed by atoms with Gasteiger partial charge in [-0.1, -0.05) is 12.6 Å². The highest BCUT2D eigenvalue weighted by Gasteiger charge is 2.34. The van der Waals surface area contributed by atoms with Crippen LogP contribution in [0.5, 0.6) is 0 Å². The summed E-state index contributed by atoms with van der Waals surface area (Å²) in [5.41, 5.74) is 6.71. The number of aryl methyl sites for hydroxylation is 1. The lowest BCUT2D eigenvalue weighted by molar-refractivity contribution is -0.139. The molecular weight excluding hydrogens is 514 g/mol. The molecular formula is C27H27F4N7O. The second-order valence-electron chi connectivity index (χ2n) is 8.97. The molecule has 39 heavy (non-hydrogen) atoms. The summed E-state index contributed by atoms with van der Waals surface area (Å²) in [7, 11) is 0. The summed E-state index contributed by atoms with van der Waals surface area (Å²) in [6.45, 7) is 7.11. The highest BCUT2D eigenvalue weighted by Crippen LogP contribution is 2.33. The van der Waals surface area contributed by atoms with Crippen molar-refractivity contribution in [2.45, 2.75) is 32.4 Å². The molecule has 3 aromatic rings. The van der Waals surface area contributed by atoms with Crippen LogP contribution in [-0.4, -0.2) is 34.8 Å². The normalized spacial score (nSPS) is 14.2.